The number of quaternary nitrogens is 1. The molecule has 0 spiro atoms. The number of nitrogens with zero attached hydrogens (tertiary/aromatic N) is 1. The molecule has 7 heteroatoms. The van der Waals surface area contributed by atoms with Crippen LogP contribution in [0.4, 0.5) is 0 Å². The number of likely N-dealkylation sites (N-methyl/N-ethyl adjacent to an activating group) is 1. The smallest absolute Gasteiger partial charge is 0.215 e. The van der Waals surface area contributed by atoms with E-state index in [4.69, 9.17) is 22.6 Å². The van der Waals surface area contributed by atoms with Crippen LogP contribution in [-0.4, -0.2) is 60.9 Å². The van der Waals surface area contributed by atoms with Gasteiger partial charge < -0.3 is 14.1 Å². The molecule has 0 saturated carbocycles. The quantitative estimate of drug-likeness (QED) is 0.229. The van der Waals surface area contributed by atoms with Crippen molar-refractivity contribution in [2.75, 3.05) is 33.8 Å². The van der Waals surface area contributed by atoms with E-state index in [2.05, 4.69) is 21.0 Å². The third kappa shape index (κ3) is 30.3. The molecule has 0 aromatic carbocycles. The van der Waals surface area contributed by atoms with E-state index in [1.807, 2.05) is 0 Å². The first-order valence-corrected chi connectivity index (χ1v) is 10.1. The lowest BCUT2D eigenvalue weighted by Gasteiger charge is -2.28. The predicted octanol–water partition coefficient (Wildman–Crippen LogP) is 2.98. The zero-order valence-corrected chi connectivity index (χ0v) is 16.0. The molecule has 0 atom stereocenters. The van der Waals surface area contributed by atoms with Crippen LogP contribution in [0.25, 0.3) is 0 Å². The summed E-state index contributed by atoms with van der Waals surface area (Å²) in [6.07, 6.45) is 14.0. The number of rotatable bonds is 13. The fraction of sp³-hybridized carbons (Fsp3) is 1.00. The Hall–Kier alpha value is -0.210. The molecule has 0 heterocycles. The molecule has 0 amide bonds. The van der Waals surface area contributed by atoms with E-state index in [0.717, 1.165) is 11.0 Å². The van der Waals surface area contributed by atoms with Gasteiger partial charge in [0.05, 0.1) is 27.2 Å². The van der Waals surface area contributed by atoms with Gasteiger partial charge in [0.2, 0.25) is 10.4 Å². The lowest BCUT2D eigenvalue weighted by atomic mass is 10.1. The summed E-state index contributed by atoms with van der Waals surface area (Å²) < 4.78 is 33.8. The van der Waals surface area contributed by atoms with Gasteiger partial charge in [-0.3, -0.25) is 4.55 Å². The van der Waals surface area contributed by atoms with Crippen molar-refractivity contribution < 1.29 is 27.1 Å². The Kier molecular flexibility index (Phi) is 16.7. The Morgan fingerprint density at radius 3 is 1.52 bits per heavy atom. The van der Waals surface area contributed by atoms with Crippen LogP contribution in [-0.2, 0) is 10.4 Å². The van der Waals surface area contributed by atoms with Gasteiger partial charge in [0.25, 0.3) is 0 Å². The molecule has 0 fully saturated rings. The van der Waals surface area contributed by atoms with Gasteiger partial charge in [0, 0.05) is 0 Å². The van der Waals surface area contributed by atoms with Crippen LogP contribution >= 0.6 is 0 Å². The van der Waals surface area contributed by atoms with E-state index in [0.29, 0.717) is 6.61 Å². The van der Waals surface area contributed by atoms with E-state index in [-0.39, 0.29) is 0 Å². The van der Waals surface area contributed by atoms with Crippen LogP contribution in [0.1, 0.15) is 71.1 Å². The standard InChI is InChI=1S/C16H36NO.H2O4S/c1-4-5-6-7-8-9-10-11-12-13-14-17(2,3)15-16-18;1-5(2,3)4/h18H,4-16H2,1-3H3;(H2,1,2,3,4)/q+1;/p-1. The van der Waals surface area contributed by atoms with Crippen molar-refractivity contribution >= 4 is 10.4 Å². The van der Waals surface area contributed by atoms with Crippen molar-refractivity contribution in [1.29, 1.82) is 0 Å². The van der Waals surface area contributed by atoms with Crippen LogP contribution in [0, 0.1) is 0 Å². The molecule has 2 N–H and O–H groups in total. The molecule has 142 valence electrons. The molecule has 0 rings (SSSR count). The molecular weight excluding hydrogens is 318 g/mol. The van der Waals surface area contributed by atoms with Crippen molar-refractivity contribution in [3.63, 3.8) is 0 Å². The average Bonchev–Trinajstić information content (AvgIpc) is 2.39. The predicted molar refractivity (Wildman–Crippen MR) is 93.1 cm³/mol. The van der Waals surface area contributed by atoms with Crippen molar-refractivity contribution in [2.45, 2.75) is 71.1 Å². The summed E-state index contributed by atoms with van der Waals surface area (Å²) in [4.78, 5) is 0. The fourth-order valence-corrected chi connectivity index (χ4v) is 2.41. The van der Waals surface area contributed by atoms with Gasteiger partial charge in [-0.2, -0.15) is 0 Å². The largest absolute Gasteiger partial charge is 0.726 e. The summed E-state index contributed by atoms with van der Waals surface area (Å²) in [7, 11) is -0.492. The highest BCUT2D eigenvalue weighted by molar-refractivity contribution is 7.79. The summed E-state index contributed by atoms with van der Waals surface area (Å²) in [5.41, 5.74) is 0. The zero-order chi connectivity index (χ0) is 18.2. The summed E-state index contributed by atoms with van der Waals surface area (Å²) in [5, 5.41) is 8.95. The number of unbranched alkanes of at least 4 members (excludes halogenated alkanes) is 9. The molecular formula is C16H37NO5S. The Morgan fingerprint density at radius 2 is 1.17 bits per heavy atom. The van der Waals surface area contributed by atoms with E-state index < -0.39 is 10.4 Å². The summed E-state index contributed by atoms with van der Waals surface area (Å²) in [5.74, 6) is 0. The van der Waals surface area contributed by atoms with Gasteiger partial charge in [0.1, 0.15) is 6.54 Å². The van der Waals surface area contributed by atoms with Crippen molar-refractivity contribution in [3.05, 3.63) is 0 Å². The number of hydrogen-bond donors (Lipinski definition) is 2. The van der Waals surface area contributed by atoms with Gasteiger partial charge in [-0.15, -0.1) is 0 Å². The summed E-state index contributed by atoms with van der Waals surface area (Å²) in [6, 6.07) is 0. The molecule has 0 saturated heterocycles. The van der Waals surface area contributed by atoms with Crippen LogP contribution in [0.3, 0.4) is 0 Å². The van der Waals surface area contributed by atoms with Crippen LogP contribution in [0.15, 0.2) is 0 Å². The molecule has 0 radical (unpaired) electrons. The minimum Gasteiger partial charge on any atom is -0.726 e. The Labute approximate surface area is 143 Å². The molecule has 0 aromatic heterocycles. The van der Waals surface area contributed by atoms with E-state index in [1.54, 1.807) is 0 Å². The number of aliphatic hydroxyl groups is 1. The van der Waals surface area contributed by atoms with Gasteiger partial charge in [0.15, 0.2) is 0 Å². The number of aliphatic hydroxyl groups excluding tert-OH is 1. The molecule has 0 bridgehead atoms. The van der Waals surface area contributed by atoms with Crippen molar-refractivity contribution in [1.82, 2.24) is 0 Å². The first kappa shape index (κ1) is 25.0. The summed E-state index contributed by atoms with van der Waals surface area (Å²) in [6.45, 7) is 4.68. The maximum absolute atomic E-state index is 8.95. The van der Waals surface area contributed by atoms with Gasteiger partial charge in [-0.25, -0.2) is 8.42 Å². The highest BCUT2D eigenvalue weighted by Gasteiger charge is 2.12. The first-order chi connectivity index (χ1) is 10.6. The fourth-order valence-electron chi connectivity index (χ4n) is 2.41. The molecule has 6 nitrogen and oxygen atoms in total. The second-order valence-corrected chi connectivity index (χ2v) is 7.57. The molecule has 0 aromatic rings. The molecule has 0 unspecified atom stereocenters. The molecule has 0 aliphatic carbocycles. The van der Waals surface area contributed by atoms with Crippen LogP contribution in [0.5, 0.6) is 0 Å². The monoisotopic (exact) mass is 355 g/mol. The van der Waals surface area contributed by atoms with Crippen LogP contribution in [0.2, 0.25) is 0 Å². The molecule has 0 aliphatic heterocycles. The first-order valence-electron chi connectivity index (χ1n) is 8.73. The van der Waals surface area contributed by atoms with E-state index in [1.165, 1.54) is 70.8 Å². The zero-order valence-electron chi connectivity index (χ0n) is 15.2. The minimum atomic E-state index is -4.92. The Balaban J connectivity index is 0. The third-order valence-corrected chi connectivity index (χ3v) is 3.82. The van der Waals surface area contributed by atoms with Gasteiger partial charge >= 0.3 is 0 Å². The molecule has 0 aliphatic rings. The maximum atomic E-state index is 8.95. The highest BCUT2D eigenvalue weighted by Crippen LogP contribution is 2.11. The second kappa shape index (κ2) is 15.3. The van der Waals surface area contributed by atoms with Gasteiger partial charge in [-0.05, 0) is 12.8 Å². The molecule has 23 heavy (non-hydrogen) atoms. The Bertz CT molecular complexity index is 336. The maximum Gasteiger partial charge on any atom is 0.215 e. The third-order valence-electron chi connectivity index (χ3n) is 3.82. The SMILES string of the molecule is CCCCCCCCCCCC[N+](C)(C)CCO.O=S(=O)([O-])O. The minimum absolute atomic E-state index is 0.310. The van der Waals surface area contributed by atoms with Gasteiger partial charge in [-0.1, -0.05) is 58.3 Å². The number of hydrogen-bond acceptors (Lipinski definition) is 4. The second-order valence-electron chi connectivity index (χ2n) is 6.72. The average molecular weight is 356 g/mol. The van der Waals surface area contributed by atoms with E-state index in [9.17, 15) is 0 Å². The topological polar surface area (TPSA) is 97.7 Å². The lowest BCUT2D eigenvalue weighted by molar-refractivity contribution is -0.890. The Morgan fingerprint density at radius 1 is 0.826 bits per heavy atom. The van der Waals surface area contributed by atoms with Crippen molar-refractivity contribution in [3.8, 4) is 0 Å². The normalized spacial score (nSPS) is 11.9. The van der Waals surface area contributed by atoms with Crippen LogP contribution < -0.4 is 0 Å². The summed E-state index contributed by atoms with van der Waals surface area (Å²) >= 11 is 0. The highest BCUT2D eigenvalue weighted by atomic mass is 32.3. The van der Waals surface area contributed by atoms with Crippen molar-refractivity contribution in [2.24, 2.45) is 0 Å². The lowest BCUT2D eigenvalue weighted by Crippen LogP contribution is -2.42. The van der Waals surface area contributed by atoms with E-state index >= 15 is 0 Å².